The second kappa shape index (κ2) is 37.8. The van der Waals surface area contributed by atoms with Gasteiger partial charge in [-0.3, -0.25) is 67.1 Å². The van der Waals surface area contributed by atoms with Crippen LogP contribution in [-0.2, 0) is 80.0 Å². The highest BCUT2D eigenvalue weighted by atomic mass is 32.2. The van der Waals surface area contributed by atoms with Crippen LogP contribution < -0.4 is 53.2 Å². The van der Waals surface area contributed by atoms with Gasteiger partial charge in [-0.2, -0.15) is 0 Å². The number of amides is 14. The number of aliphatic hydroxyl groups is 2. The van der Waals surface area contributed by atoms with Gasteiger partial charge in [-0.25, -0.2) is 0 Å². The van der Waals surface area contributed by atoms with E-state index in [0.29, 0.717) is 24.0 Å². The number of hydrogen-bond donors (Lipinski definition) is 12. The van der Waals surface area contributed by atoms with E-state index in [4.69, 9.17) is 0 Å². The molecule has 14 amide bonds. The van der Waals surface area contributed by atoms with Crippen LogP contribution in [-0.4, -0.2) is 249 Å². The molecule has 0 aliphatic carbocycles. The molecular formula is C70H98N14O16S. The predicted octanol–water partition coefficient (Wildman–Crippen LogP) is -1.85. The number of likely N-dealkylation sites (N-methyl/N-ethyl adjacent to an activating group) is 3. The summed E-state index contributed by atoms with van der Waals surface area (Å²) in [6, 6.07) is 8.91. The average molecular weight is 1420 g/mol. The number of thioether (sulfide) groups is 1. The number of benzene rings is 3. The monoisotopic (exact) mass is 1420 g/mol. The van der Waals surface area contributed by atoms with E-state index < -0.39 is 180 Å². The van der Waals surface area contributed by atoms with Crippen LogP contribution in [0.15, 0.2) is 84.9 Å². The maximum atomic E-state index is 14.7. The summed E-state index contributed by atoms with van der Waals surface area (Å²) in [6.07, 6.45) is -2.57. The van der Waals surface area contributed by atoms with Crippen molar-refractivity contribution in [2.45, 2.75) is 186 Å². The molecule has 0 saturated carbocycles. The van der Waals surface area contributed by atoms with Crippen molar-refractivity contribution >= 4 is 94.5 Å². The Bertz CT molecular complexity index is 3460. The van der Waals surface area contributed by atoms with Crippen molar-refractivity contribution < 1.29 is 77.3 Å². The van der Waals surface area contributed by atoms with Crippen LogP contribution in [0.3, 0.4) is 0 Å². The van der Waals surface area contributed by atoms with E-state index in [-0.39, 0.29) is 56.8 Å². The number of carbonyl (C=O) groups excluding carboxylic acids is 14. The van der Waals surface area contributed by atoms with Crippen molar-refractivity contribution in [3.8, 4) is 11.1 Å². The van der Waals surface area contributed by atoms with E-state index in [2.05, 4.69) is 53.2 Å². The van der Waals surface area contributed by atoms with Gasteiger partial charge in [-0.15, -0.1) is 11.8 Å². The maximum Gasteiger partial charge on any atom is 0.246 e. The van der Waals surface area contributed by atoms with E-state index in [1.807, 2.05) is 30.3 Å². The average Bonchev–Trinajstić information content (AvgIpc) is 1.77. The summed E-state index contributed by atoms with van der Waals surface area (Å²) in [5.74, 6) is -12.1. The molecule has 0 bridgehead atoms. The molecule has 3 aliphatic heterocycles. The molecule has 3 aromatic rings. The standard InChI is InChI=1S/C70H98N14O16S/c1-12-71-62(92)51-36-101-37-54(87)75-49(33-45-21-15-13-16-22-45)63(93)78-56(38(2)3)70(100)84-32-20-26-53(84)65(95)79-58(44(9)86)67(97)80-57(43(8)85)66(96)76-50(34-46-27-29-48(30-28-46)47-23-17-14-18-24-47)69(99)82(11)41(6)60(90)72-35-55(88)81(10)42(7)61(91)73-39(4)59(89)74-40(5)68(98)83-31-19-25-52(83)64(94)77-51/h13-18,21-24,27-30,38-44,49-53,56-58,85-86H,12,19-20,25-26,31-37H2,1-11H3,(H,71,92)(H,72,90)(H,73,91)(H,74,89)(H,75,87)(H,76,96)(H,77,94)(H,78,93)(H,79,95)(H,80,97)/t39-,40-,41-,42-,43+,44+,49-,50-,51-,52-,53-,56?,57-,58-/m0/s1. The lowest BCUT2D eigenvalue weighted by atomic mass is 9.99. The molecule has 0 aromatic heterocycles. The van der Waals surface area contributed by atoms with Crippen molar-refractivity contribution in [1.29, 1.82) is 0 Å². The second-order valence-corrected chi connectivity index (χ2v) is 27.2. The molecule has 3 saturated heterocycles. The van der Waals surface area contributed by atoms with E-state index in [9.17, 15) is 77.3 Å². The fourth-order valence-electron chi connectivity index (χ4n) is 11.8. The van der Waals surface area contributed by atoms with Crippen LogP contribution in [0.25, 0.3) is 11.1 Å². The van der Waals surface area contributed by atoms with Gasteiger partial charge in [0, 0.05) is 52.3 Å². The third-order valence-electron chi connectivity index (χ3n) is 18.1. The molecule has 30 nitrogen and oxygen atoms in total. The zero-order valence-corrected chi connectivity index (χ0v) is 59.9. The SMILES string of the molecule is CCNC(=O)[C@@H]1CSCC(=O)N[C@@H](Cc2ccccc2)C(=O)NC(C(C)C)C(=O)N2CCC[C@H]2C(=O)N[C@@H]([C@@H](C)O)C(=O)N[C@@H]([C@@H](C)O)C(=O)N[C@@H](Cc2ccc(-c3ccccc3)cc2)C(=O)N(C)[C@@H](C)C(=O)NCC(=O)N(C)[C@@H](C)C(=O)N[C@@H](C)C(=O)N[C@@H](C)C(=O)N2CCC[C@H]2C(=O)N1. The Morgan fingerprint density at radius 1 is 0.515 bits per heavy atom. The van der Waals surface area contributed by atoms with Gasteiger partial charge in [0.2, 0.25) is 82.7 Å². The molecule has 0 spiro atoms. The van der Waals surface area contributed by atoms with E-state index in [1.165, 1.54) is 65.4 Å². The third-order valence-corrected chi connectivity index (χ3v) is 19.2. The van der Waals surface area contributed by atoms with Gasteiger partial charge >= 0.3 is 0 Å². The van der Waals surface area contributed by atoms with Crippen LogP contribution in [0.2, 0.25) is 0 Å². The summed E-state index contributed by atoms with van der Waals surface area (Å²) < 4.78 is 0. The van der Waals surface area contributed by atoms with Crippen LogP contribution in [0.4, 0.5) is 0 Å². The second-order valence-electron chi connectivity index (χ2n) is 26.2. The van der Waals surface area contributed by atoms with E-state index >= 15 is 0 Å². The summed E-state index contributed by atoms with van der Waals surface area (Å²) in [7, 11) is 2.56. The summed E-state index contributed by atoms with van der Waals surface area (Å²) in [5, 5.41) is 48.2. The number of rotatable bonds is 10. The molecule has 550 valence electrons. The van der Waals surface area contributed by atoms with Gasteiger partial charge in [0.05, 0.1) is 24.5 Å². The van der Waals surface area contributed by atoms with Gasteiger partial charge < -0.3 is 83.0 Å². The number of fused-ring (bicyclic) bond motifs is 2. The Balaban J connectivity index is 1.29. The quantitative estimate of drug-likeness (QED) is 0.106. The molecule has 12 N–H and O–H groups in total. The Kier molecular flexibility index (Phi) is 30.1. The Morgan fingerprint density at radius 2 is 1.01 bits per heavy atom. The minimum atomic E-state index is -1.85. The molecule has 3 heterocycles. The maximum absolute atomic E-state index is 14.7. The van der Waals surface area contributed by atoms with Gasteiger partial charge in [0.15, 0.2) is 0 Å². The summed E-state index contributed by atoms with van der Waals surface area (Å²) in [6.45, 7) is 12.5. The first-order valence-corrected chi connectivity index (χ1v) is 35.2. The van der Waals surface area contributed by atoms with Crippen LogP contribution in [0.5, 0.6) is 0 Å². The zero-order valence-electron chi connectivity index (χ0n) is 59.0. The zero-order chi connectivity index (χ0) is 74.5. The fraction of sp³-hybridized carbons (Fsp3) is 0.543. The van der Waals surface area contributed by atoms with Gasteiger partial charge in [-0.05, 0) is 102 Å². The third kappa shape index (κ3) is 22.3. The molecule has 6 rings (SSSR count). The van der Waals surface area contributed by atoms with Gasteiger partial charge in [0.1, 0.15) is 72.5 Å². The van der Waals surface area contributed by atoms with Crippen LogP contribution in [0.1, 0.15) is 99.1 Å². The normalized spacial score (nSPS) is 27.1. The molecule has 3 aliphatic rings. The Labute approximate surface area is 592 Å². The van der Waals surface area contributed by atoms with Crippen molar-refractivity contribution in [3.63, 3.8) is 0 Å². The van der Waals surface area contributed by atoms with Crippen molar-refractivity contribution in [1.82, 2.24) is 72.8 Å². The number of nitrogens with one attached hydrogen (secondary N) is 10. The highest BCUT2D eigenvalue weighted by Crippen LogP contribution is 2.24. The molecule has 14 atom stereocenters. The first kappa shape index (κ1) is 80.5. The van der Waals surface area contributed by atoms with Crippen LogP contribution >= 0.6 is 11.8 Å². The van der Waals surface area contributed by atoms with Crippen molar-refractivity contribution in [2.75, 3.05) is 51.8 Å². The highest BCUT2D eigenvalue weighted by Gasteiger charge is 2.44. The summed E-state index contributed by atoms with van der Waals surface area (Å²) in [4.78, 5) is 201. The molecular weight excluding hydrogens is 1320 g/mol. The van der Waals surface area contributed by atoms with Crippen LogP contribution in [0, 0.1) is 5.92 Å². The lowest BCUT2D eigenvalue weighted by Gasteiger charge is -2.33. The van der Waals surface area contributed by atoms with Gasteiger partial charge in [0.25, 0.3) is 0 Å². The molecule has 31 heteroatoms. The lowest BCUT2D eigenvalue weighted by Crippen LogP contribution is -2.63. The first-order valence-electron chi connectivity index (χ1n) is 34.1. The lowest BCUT2D eigenvalue weighted by molar-refractivity contribution is -0.144. The Hall–Kier alpha value is -9.49. The molecule has 3 aromatic carbocycles. The minimum Gasteiger partial charge on any atom is -0.391 e. The number of nitrogens with zero attached hydrogens (tertiary/aromatic N) is 4. The van der Waals surface area contributed by atoms with Gasteiger partial charge in [-0.1, -0.05) is 98.8 Å². The number of carbonyl (C=O) groups is 14. The van der Waals surface area contributed by atoms with Crippen molar-refractivity contribution in [2.24, 2.45) is 5.92 Å². The summed E-state index contributed by atoms with van der Waals surface area (Å²) in [5.41, 5.74) is 2.90. The Morgan fingerprint density at radius 3 is 1.58 bits per heavy atom. The smallest absolute Gasteiger partial charge is 0.246 e. The first-order chi connectivity index (χ1) is 47.8. The molecule has 1 unspecified atom stereocenters. The number of hydrogen-bond acceptors (Lipinski definition) is 17. The van der Waals surface area contributed by atoms with Crippen molar-refractivity contribution in [3.05, 3.63) is 96.1 Å². The van der Waals surface area contributed by atoms with E-state index in [0.717, 1.165) is 32.7 Å². The minimum absolute atomic E-state index is 0.0355. The number of aliphatic hydroxyl groups excluding tert-OH is 2. The molecule has 3 fully saturated rings. The fourth-order valence-corrected chi connectivity index (χ4v) is 12.7. The summed E-state index contributed by atoms with van der Waals surface area (Å²) >= 11 is 0.970. The predicted molar refractivity (Wildman–Crippen MR) is 374 cm³/mol. The molecule has 101 heavy (non-hydrogen) atoms. The molecule has 0 radical (unpaired) electrons. The largest absolute Gasteiger partial charge is 0.391 e. The topological polar surface area (TPSA) is 413 Å². The highest BCUT2D eigenvalue weighted by molar-refractivity contribution is 8.00. The van der Waals surface area contributed by atoms with E-state index in [1.54, 1.807) is 75.4 Å².